The number of thiazole rings is 1. The molecule has 1 aromatic heterocycles. The van der Waals surface area contributed by atoms with Gasteiger partial charge in [-0.15, -0.1) is 11.3 Å². The van der Waals surface area contributed by atoms with Crippen LogP contribution in [0.3, 0.4) is 0 Å². The van der Waals surface area contributed by atoms with Crippen molar-refractivity contribution in [3.8, 4) is 10.6 Å². The molecule has 0 saturated heterocycles. The molecule has 0 radical (unpaired) electrons. The largest absolute Gasteiger partial charge is 0.330 e. The number of nitrogens with two attached hydrogens (primary N) is 1. The molecule has 2 rings (SSSR count). The Kier molecular flexibility index (Phi) is 3.36. The quantitative estimate of drug-likeness (QED) is 0.893. The van der Waals surface area contributed by atoms with E-state index in [4.69, 9.17) is 17.3 Å². The first-order chi connectivity index (χ1) is 7.31. The van der Waals surface area contributed by atoms with Gasteiger partial charge >= 0.3 is 0 Å². The molecule has 0 amide bonds. The summed E-state index contributed by atoms with van der Waals surface area (Å²) in [6.45, 7) is 0.607. The highest BCUT2D eigenvalue weighted by molar-refractivity contribution is 7.15. The number of nitrogens with zero attached hydrogens (tertiary/aromatic N) is 1. The van der Waals surface area contributed by atoms with Crippen LogP contribution >= 0.6 is 22.9 Å². The fourth-order valence-corrected chi connectivity index (χ4v) is 2.64. The molecule has 2 N–H and O–H groups in total. The summed E-state index contributed by atoms with van der Waals surface area (Å²) in [5, 5.41) is 1.55. The van der Waals surface area contributed by atoms with Gasteiger partial charge in [-0.05, 0) is 13.0 Å². The molecule has 0 unspecified atom stereocenters. The van der Waals surface area contributed by atoms with Crippen molar-refractivity contribution in [2.24, 2.45) is 5.73 Å². The minimum atomic E-state index is 0.587. The van der Waals surface area contributed by atoms with Crippen LogP contribution in [0.2, 0.25) is 5.15 Å². The van der Waals surface area contributed by atoms with E-state index in [1.165, 1.54) is 0 Å². The van der Waals surface area contributed by atoms with Gasteiger partial charge in [0.15, 0.2) is 0 Å². The van der Waals surface area contributed by atoms with Gasteiger partial charge in [0.2, 0.25) is 0 Å². The average molecular weight is 239 g/mol. The van der Waals surface area contributed by atoms with Gasteiger partial charge in [0.25, 0.3) is 0 Å². The molecule has 0 bridgehead atoms. The summed E-state index contributed by atoms with van der Waals surface area (Å²) in [6.07, 6.45) is 0.795. The van der Waals surface area contributed by atoms with Crippen molar-refractivity contribution in [2.45, 2.75) is 6.42 Å². The highest BCUT2D eigenvalue weighted by Gasteiger charge is 2.09. The first-order valence-corrected chi connectivity index (χ1v) is 5.91. The standard InChI is InChI=1S/C11H11ClN2S/c12-10-9(6-7-13)15-11(14-10)8-4-2-1-3-5-8/h1-5H,6-7,13H2. The predicted octanol–water partition coefficient (Wildman–Crippen LogP) is 2.96. The molecule has 0 aliphatic carbocycles. The number of benzene rings is 1. The molecule has 0 spiro atoms. The Morgan fingerprint density at radius 1 is 1.27 bits per heavy atom. The van der Waals surface area contributed by atoms with Gasteiger partial charge in [0, 0.05) is 10.4 Å². The molecule has 4 heteroatoms. The van der Waals surface area contributed by atoms with E-state index in [-0.39, 0.29) is 0 Å². The van der Waals surface area contributed by atoms with Gasteiger partial charge in [-0.1, -0.05) is 41.9 Å². The SMILES string of the molecule is NCCc1sc(-c2ccccc2)nc1Cl. The number of rotatable bonds is 3. The first-order valence-electron chi connectivity index (χ1n) is 4.72. The van der Waals surface area contributed by atoms with E-state index in [0.717, 1.165) is 21.9 Å². The smallest absolute Gasteiger partial charge is 0.143 e. The van der Waals surface area contributed by atoms with Crippen molar-refractivity contribution in [1.29, 1.82) is 0 Å². The predicted molar refractivity (Wildman–Crippen MR) is 65.3 cm³/mol. The van der Waals surface area contributed by atoms with E-state index in [9.17, 15) is 0 Å². The van der Waals surface area contributed by atoms with Crippen LogP contribution in [-0.4, -0.2) is 11.5 Å². The number of hydrogen-bond donors (Lipinski definition) is 1. The summed E-state index contributed by atoms with van der Waals surface area (Å²) in [7, 11) is 0. The van der Waals surface area contributed by atoms with Gasteiger partial charge in [0.1, 0.15) is 10.2 Å². The van der Waals surface area contributed by atoms with E-state index in [1.807, 2.05) is 30.3 Å². The Bertz CT molecular complexity index is 439. The summed E-state index contributed by atoms with van der Waals surface area (Å²) in [5.74, 6) is 0. The highest BCUT2D eigenvalue weighted by atomic mass is 35.5. The van der Waals surface area contributed by atoms with Crippen molar-refractivity contribution < 1.29 is 0 Å². The van der Waals surface area contributed by atoms with Gasteiger partial charge in [-0.25, -0.2) is 4.98 Å². The van der Waals surface area contributed by atoms with Gasteiger partial charge in [-0.3, -0.25) is 0 Å². The lowest BCUT2D eigenvalue weighted by molar-refractivity contribution is 0.984. The minimum absolute atomic E-state index is 0.587. The summed E-state index contributed by atoms with van der Waals surface area (Å²) in [6, 6.07) is 10.0. The zero-order valence-corrected chi connectivity index (χ0v) is 9.68. The van der Waals surface area contributed by atoms with E-state index >= 15 is 0 Å². The monoisotopic (exact) mass is 238 g/mol. The third-order valence-electron chi connectivity index (χ3n) is 2.04. The second-order valence-electron chi connectivity index (χ2n) is 3.14. The van der Waals surface area contributed by atoms with Crippen LogP contribution in [0.15, 0.2) is 30.3 Å². The average Bonchev–Trinajstić information content (AvgIpc) is 2.63. The van der Waals surface area contributed by atoms with E-state index in [0.29, 0.717) is 11.7 Å². The molecule has 1 heterocycles. The first kappa shape index (κ1) is 10.6. The van der Waals surface area contributed by atoms with Crippen molar-refractivity contribution in [1.82, 2.24) is 4.98 Å². The maximum absolute atomic E-state index is 6.02. The maximum Gasteiger partial charge on any atom is 0.143 e. The lowest BCUT2D eigenvalue weighted by Gasteiger charge is -1.92. The van der Waals surface area contributed by atoms with Crippen LogP contribution < -0.4 is 5.73 Å². The van der Waals surface area contributed by atoms with E-state index in [1.54, 1.807) is 11.3 Å². The number of aromatic nitrogens is 1. The van der Waals surface area contributed by atoms with Crippen molar-refractivity contribution >= 4 is 22.9 Å². The Labute approximate surface area is 97.7 Å². The second kappa shape index (κ2) is 4.75. The molecule has 2 aromatic rings. The lowest BCUT2D eigenvalue weighted by atomic mass is 10.2. The molecule has 0 aliphatic rings. The zero-order valence-electron chi connectivity index (χ0n) is 8.11. The van der Waals surface area contributed by atoms with E-state index < -0.39 is 0 Å². The normalized spacial score (nSPS) is 10.5. The third kappa shape index (κ3) is 2.37. The summed E-state index contributed by atoms with van der Waals surface area (Å²) in [5.41, 5.74) is 6.60. The van der Waals surface area contributed by atoms with Crippen molar-refractivity contribution in [3.05, 3.63) is 40.4 Å². The summed E-state index contributed by atoms with van der Waals surface area (Å²) >= 11 is 7.63. The molecule has 0 atom stereocenters. The molecule has 0 saturated carbocycles. The Balaban J connectivity index is 2.34. The van der Waals surface area contributed by atoms with Crippen molar-refractivity contribution in [2.75, 3.05) is 6.54 Å². The Hall–Kier alpha value is -0.900. The van der Waals surface area contributed by atoms with Crippen LogP contribution in [0.4, 0.5) is 0 Å². The Morgan fingerprint density at radius 3 is 2.67 bits per heavy atom. The number of halogens is 1. The summed E-state index contributed by atoms with van der Waals surface area (Å²) < 4.78 is 0. The van der Waals surface area contributed by atoms with Gasteiger partial charge in [0.05, 0.1) is 0 Å². The van der Waals surface area contributed by atoms with Crippen LogP contribution in [0.1, 0.15) is 4.88 Å². The molecule has 15 heavy (non-hydrogen) atoms. The van der Waals surface area contributed by atoms with E-state index in [2.05, 4.69) is 4.98 Å². The zero-order chi connectivity index (χ0) is 10.7. The van der Waals surface area contributed by atoms with Gasteiger partial charge < -0.3 is 5.73 Å². The molecule has 0 fully saturated rings. The topological polar surface area (TPSA) is 38.9 Å². The van der Waals surface area contributed by atoms with Gasteiger partial charge in [-0.2, -0.15) is 0 Å². The second-order valence-corrected chi connectivity index (χ2v) is 4.58. The fraction of sp³-hybridized carbons (Fsp3) is 0.182. The Morgan fingerprint density at radius 2 is 2.00 bits per heavy atom. The molecule has 2 nitrogen and oxygen atoms in total. The fourth-order valence-electron chi connectivity index (χ4n) is 1.32. The van der Waals surface area contributed by atoms with Crippen LogP contribution in [0, 0.1) is 0 Å². The van der Waals surface area contributed by atoms with Crippen LogP contribution in [0.25, 0.3) is 10.6 Å². The molecular weight excluding hydrogens is 228 g/mol. The lowest BCUT2D eigenvalue weighted by Crippen LogP contribution is -2.01. The summed E-state index contributed by atoms with van der Waals surface area (Å²) in [4.78, 5) is 5.40. The third-order valence-corrected chi connectivity index (χ3v) is 3.63. The molecule has 78 valence electrons. The van der Waals surface area contributed by atoms with Crippen molar-refractivity contribution in [3.63, 3.8) is 0 Å². The minimum Gasteiger partial charge on any atom is -0.330 e. The molecule has 1 aromatic carbocycles. The van der Waals surface area contributed by atoms with Crippen LogP contribution in [-0.2, 0) is 6.42 Å². The van der Waals surface area contributed by atoms with Crippen LogP contribution in [0.5, 0.6) is 0 Å². The highest BCUT2D eigenvalue weighted by Crippen LogP contribution is 2.30. The maximum atomic E-state index is 6.02. The molecule has 0 aliphatic heterocycles. The number of hydrogen-bond acceptors (Lipinski definition) is 3. The molecular formula is C11H11ClN2S.